The zero-order valence-electron chi connectivity index (χ0n) is 17.5. The van der Waals surface area contributed by atoms with Crippen LogP contribution in [0.2, 0.25) is 0 Å². The number of hydrogen-bond donors (Lipinski definition) is 1. The third-order valence-corrected chi connectivity index (χ3v) is 5.76. The Hall–Kier alpha value is -2.73. The van der Waals surface area contributed by atoms with Crippen molar-refractivity contribution < 1.29 is 19.4 Å². The number of ether oxygens (including phenoxy) is 2. The number of carbonyl (C=O) groups is 1. The van der Waals surface area contributed by atoms with Gasteiger partial charge in [-0.15, -0.1) is 0 Å². The van der Waals surface area contributed by atoms with Gasteiger partial charge >= 0.3 is 0 Å². The van der Waals surface area contributed by atoms with Crippen LogP contribution in [0.25, 0.3) is 0 Å². The number of aliphatic hydroxyl groups is 1. The van der Waals surface area contributed by atoms with E-state index in [0.717, 1.165) is 42.9 Å². The van der Waals surface area contributed by atoms with Gasteiger partial charge in [0.05, 0.1) is 12.2 Å². The van der Waals surface area contributed by atoms with E-state index in [0.29, 0.717) is 18.8 Å². The summed E-state index contributed by atoms with van der Waals surface area (Å²) in [5.41, 5.74) is 1.93. The summed E-state index contributed by atoms with van der Waals surface area (Å²) >= 11 is 0. The van der Waals surface area contributed by atoms with Crippen LogP contribution in [0, 0.1) is 6.92 Å². The smallest absolute Gasteiger partial charge is 0.265 e. The fourth-order valence-electron chi connectivity index (χ4n) is 4.14. The summed E-state index contributed by atoms with van der Waals surface area (Å²) < 4.78 is 11.9. The first-order valence-corrected chi connectivity index (χ1v) is 10.8. The van der Waals surface area contributed by atoms with Crippen molar-refractivity contribution in [2.24, 2.45) is 0 Å². The van der Waals surface area contributed by atoms with E-state index in [-0.39, 0.29) is 12.5 Å². The van der Waals surface area contributed by atoms with Crippen LogP contribution in [-0.2, 0) is 4.79 Å². The molecular formula is C24H30N2O4. The third-order valence-electron chi connectivity index (χ3n) is 5.76. The van der Waals surface area contributed by atoms with Crippen molar-refractivity contribution in [3.8, 4) is 11.5 Å². The maximum atomic E-state index is 13.0. The van der Waals surface area contributed by atoms with Crippen LogP contribution >= 0.6 is 0 Å². The molecule has 6 heteroatoms. The van der Waals surface area contributed by atoms with Crippen LogP contribution in [0.15, 0.2) is 48.5 Å². The maximum absolute atomic E-state index is 13.0. The molecule has 1 fully saturated rings. The summed E-state index contributed by atoms with van der Waals surface area (Å²) in [6.45, 7) is 4.57. The van der Waals surface area contributed by atoms with Crippen molar-refractivity contribution in [1.29, 1.82) is 0 Å². The number of para-hydroxylation sites is 3. The third kappa shape index (κ3) is 4.70. The quantitative estimate of drug-likeness (QED) is 0.793. The van der Waals surface area contributed by atoms with Crippen LogP contribution in [0.5, 0.6) is 11.5 Å². The number of nitrogens with zero attached hydrogens (tertiary/aromatic N) is 2. The lowest BCUT2D eigenvalue weighted by Gasteiger charge is -2.39. The van der Waals surface area contributed by atoms with Crippen LogP contribution in [-0.4, -0.2) is 60.9 Å². The van der Waals surface area contributed by atoms with Crippen LogP contribution < -0.4 is 14.4 Å². The number of rotatable bonds is 6. The number of carbonyl (C=O) groups excluding carboxylic acids is 1. The number of hydrogen-bond acceptors (Lipinski definition) is 5. The van der Waals surface area contributed by atoms with Gasteiger partial charge in [-0.1, -0.05) is 30.3 Å². The molecule has 2 unspecified atom stereocenters. The largest absolute Gasteiger partial charge is 0.491 e. The number of fused-ring (bicyclic) bond motifs is 1. The van der Waals surface area contributed by atoms with Gasteiger partial charge in [-0.2, -0.15) is 0 Å². The average Bonchev–Trinajstić information content (AvgIpc) is 2.78. The highest BCUT2D eigenvalue weighted by molar-refractivity contribution is 5.83. The molecule has 2 aliphatic rings. The second-order valence-corrected chi connectivity index (χ2v) is 8.10. The minimum Gasteiger partial charge on any atom is -0.491 e. The van der Waals surface area contributed by atoms with Gasteiger partial charge in [-0.25, -0.2) is 0 Å². The summed E-state index contributed by atoms with van der Waals surface area (Å²) in [5.74, 6) is 1.50. The highest BCUT2D eigenvalue weighted by Crippen LogP contribution is 2.34. The highest BCUT2D eigenvalue weighted by Gasteiger charge is 2.34. The number of amides is 1. The second kappa shape index (κ2) is 9.39. The number of piperidine rings is 1. The Balaban J connectivity index is 1.43. The van der Waals surface area contributed by atoms with E-state index in [1.807, 2.05) is 65.3 Å². The van der Waals surface area contributed by atoms with E-state index in [1.54, 1.807) is 0 Å². The van der Waals surface area contributed by atoms with E-state index >= 15 is 0 Å². The first kappa shape index (κ1) is 20.5. The molecule has 4 rings (SSSR count). The molecule has 2 atom stereocenters. The normalized spacial score (nSPS) is 19.6. The van der Waals surface area contributed by atoms with Gasteiger partial charge in [0.25, 0.3) is 5.91 Å². The molecule has 2 aromatic carbocycles. The fourth-order valence-corrected chi connectivity index (χ4v) is 4.14. The van der Waals surface area contributed by atoms with E-state index < -0.39 is 12.2 Å². The van der Waals surface area contributed by atoms with Crippen molar-refractivity contribution in [2.45, 2.75) is 38.4 Å². The van der Waals surface area contributed by atoms with Gasteiger partial charge < -0.3 is 24.4 Å². The Morgan fingerprint density at radius 1 is 1.13 bits per heavy atom. The fraction of sp³-hybridized carbons (Fsp3) is 0.458. The Morgan fingerprint density at radius 2 is 1.87 bits per heavy atom. The minimum atomic E-state index is -0.693. The van der Waals surface area contributed by atoms with E-state index in [9.17, 15) is 9.90 Å². The Morgan fingerprint density at radius 3 is 2.67 bits per heavy atom. The minimum absolute atomic E-state index is 0.0415. The zero-order chi connectivity index (χ0) is 20.9. The van der Waals surface area contributed by atoms with Crippen molar-refractivity contribution in [2.75, 3.05) is 37.7 Å². The van der Waals surface area contributed by atoms with Gasteiger partial charge in [-0.05, 0) is 49.9 Å². The summed E-state index contributed by atoms with van der Waals surface area (Å²) in [4.78, 5) is 17.0. The van der Waals surface area contributed by atoms with Gasteiger partial charge in [-0.3, -0.25) is 4.79 Å². The van der Waals surface area contributed by atoms with Crippen molar-refractivity contribution in [3.05, 3.63) is 54.1 Å². The summed E-state index contributed by atoms with van der Waals surface area (Å²) in [6.07, 6.45) is 2.03. The molecule has 1 N–H and O–H groups in total. The van der Waals surface area contributed by atoms with Crippen molar-refractivity contribution >= 4 is 11.6 Å². The molecule has 30 heavy (non-hydrogen) atoms. The van der Waals surface area contributed by atoms with Crippen LogP contribution in [0.4, 0.5) is 5.69 Å². The highest BCUT2D eigenvalue weighted by atomic mass is 16.5. The first-order valence-electron chi connectivity index (χ1n) is 10.8. The maximum Gasteiger partial charge on any atom is 0.265 e. The van der Waals surface area contributed by atoms with E-state index in [2.05, 4.69) is 0 Å². The summed E-state index contributed by atoms with van der Waals surface area (Å²) in [7, 11) is 0. The number of likely N-dealkylation sites (tertiary alicyclic amines) is 1. The monoisotopic (exact) mass is 410 g/mol. The van der Waals surface area contributed by atoms with Crippen molar-refractivity contribution in [1.82, 2.24) is 4.90 Å². The molecule has 0 saturated carbocycles. The lowest BCUT2D eigenvalue weighted by atomic mass is 10.1. The number of benzene rings is 2. The van der Waals surface area contributed by atoms with Gasteiger partial charge in [0.1, 0.15) is 24.2 Å². The van der Waals surface area contributed by atoms with Crippen LogP contribution in [0.1, 0.15) is 24.8 Å². The SMILES string of the molecule is Cc1ccccc1OCC(O)CN1CC(C(=O)N2CCCCC2)Oc2ccccc21. The Kier molecular flexibility index (Phi) is 6.43. The molecule has 6 nitrogen and oxygen atoms in total. The molecule has 0 bridgehead atoms. The molecular weight excluding hydrogens is 380 g/mol. The average molecular weight is 411 g/mol. The predicted octanol–water partition coefficient (Wildman–Crippen LogP) is 3.01. The second-order valence-electron chi connectivity index (χ2n) is 8.10. The Labute approximate surface area is 178 Å². The molecule has 1 saturated heterocycles. The van der Waals surface area contributed by atoms with E-state index in [1.165, 1.54) is 6.42 Å². The Bertz CT molecular complexity index is 866. The molecule has 160 valence electrons. The van der Waals surface area contributed by atoms with Gasteiger partial charge in [0.2, 0.25) is 0 Å². The molecule has 2 heterocycles. The molecule has 0 radical (unpaired) electrons. The summed E-state index contributed by atoms with van der Waals surface area (Å²) in [5, 5.41) is 10.6. The lowest BCUT2D eigenvalue weighted by molar-refractivity contribution is -0.139. The van der Waals surface area contributed by atoms with Gasteiger partial charge in [0, 0.05) is 19.6 Å². The molecule has 0 spiro atoms. The number of aliphatic hydroxyl groups excluding tert-OH is 1. The zero-order valence-corrected chi connectivity index (χ0v) is 17.5. The lowest BCUT2D eigenvalue weighted by Crippen LogP contribution is -2.53. The molecule has 1 amide bonds. The number of aryl methyl sites for hydroxylation is 1. The van der Waals surface area contributed by atoms with Crippen LogP contribution in [0.3, 0.4) is 0 Å². The van der Waals surface area contributed by atoms with E-state index in [4.69, 9.17) is 9.47 Å². The standard InChI is InChI=1S/C24H30N2O4/c1-18-9-3-5-11-21(18)29-17-19(27)15-26-16-23(24(28)25-13-7-2-8-14-25)30-22-12-6-4-10-20(22)26/h3-6,9-12,19,23,27H,2,7-8,13-17H2,1H3. The molecule has 0 aromatic heterocycles. The molecule has 2 aromatic rings. The number of anilines is 1. The van der Waals surface area contributed by atoms with Gasteiger partial charge in [0.15, 0.2) is 6.10 Å². The predicted molar refractivity (Wildman–Crippen MR) is 116 cm³/mol. The molecule has 2 aliphatic heterocycles. The topological polar surface area (TPSA) is 62.2 Å². The first-order chi connectivity index (χ1) is 14.6. The summed E-state index contributed by atoms with van der Waals surface area (Å²) in [6, 6.07) is 15.5. The number of β-amino-alcohol motifs (C(OH)–C–C–N with tert-alkyl or cyclic N) is 1. The molecule has 0 aliphatic carbocycles. The van der Waals surface area contributed by atoms with Crippen molar-refractivity contribution in [3.63, 3.8) is 0 Å².